The molecule has 0 aromatic heterocycles. The first-order valence-corrected chi connectivity index (χ1v) is 3.81. The Morgan fingerprint density at radius 3 is 1.92 bits per heavy atom. The maximum absolute atomic E-state index is 10.1. The summed E-state index contributed by atoms with van der Waals surface area (Å²) >= 11 is 3.44. The van der Waals surface area contributed by atoms with Gasteiger partial charge in [-0.2, -0.15) is 0 Å². The van der Waals surface area contributed by atoms with Crippen LogP contribution in [0.4, 0.5) is 0 Å². The van der Waals surface area contributed by atoms with E-state index in [4.69, 9.17) is 20.2 Å². The number of carbonyl (C=O) groups excluding carboxylic acids is 1. The molecule has 0 saturated carbocycles. The molecule has 1 unspecified atom stereocenters. The average molecular weight is 196 g/mol. The smallest absolute Gasteiger partial charge is 0.402 e. The molecule has 0 aliphatic carbocycles. The highest BCUT2D eigenvalue weighted by atomic mass is 32.1. The number of rotatable bonds is 3. The van der Waals surface area contributed by atoms with Crippen molar-refractivity contribution >= 4 is 25.1 Å². The second kappa shape index (κ2) is 9.02. The van der Waals surface area contributed by atoms with E-state index in [1.165, 1.54) is 0 Å². The van der Waals surface area contributed by atoms with Crippen molar-refractivity contribution in [1.29, 1.82) is 0 Å². The van der Waals surface area contributed by atoms with Gasteiger partial charge in [0.05, 0.1) is 0 Å². The van der Waals surface area contributed by atoms with Crippen LogP contribution in [0, 0.1) is 0 Å². The fourth-order valence-corrected chi connectivity index (χ4v) is 0.526. The maximum Gasteiger partial charge on any atom is 0.631 e. The van der Waals surface area contributed by atoms with E-state index >= 15 is 0 Å². The molecule has 0 rings (SSSR count). The van der Waals surface area contributed by atoms with E-state index in [0.717, 1.165) is 6.42 Å². The van der Waals surface area contributed by atoms with Crippen LogP contribution < -0.4 is 0 Å². The van der Waals surface area contributed by atoms with Crippen molar-refractivity contribution in [3.8, 4) is 0 Å². The lowest BCUT2D eigenvalue weighted by molar-refractivity contribution is -0.118. The average Bonchev–Trinajstić information content (AvgIpc) is 1.86. The van der Waals surface area contributed by atoms with Crippen LogP contribution in [0.15, 0.2) is 0 Å². The molecular weight excluding hydrogens is 183 g/mol. The van der Waals surface area contributed by atoms with Crippen molar-refractivity contribution in [2.24, 2.45) is 0 Å². The molecule has 0 fully saturated rings. The Bertz CT molecular complexity index is 118. The largest absolute Gasteiger partial charge is 0.631 e. The lowest BCUT2D eigenvalue weighted by Crippen LogP contribution is -2.13. The first-order chi connectivity index (χ1) is 5.41. The second-order valence-corrected chi connectivity index (χ2v) is 2.43. The summed E-state index contributed by atoms with van der Waals surface area (Å²) in [7, 11) is -2.17. The zero-order valence-corrected chi connectivity index (χ0v) is 7.61. The third-order valence-corrected chi connectivity index (χ3v) is 1.15. The van der Waals surface area contributed by atoms with E-state index in [-0.39, 0.29) is 0 Å². The highest BCUT2D eigenvalue weighted by molar-refractivity contribution is 7.96. The molecule has 0 radical (unpaired) electrons. The van der Waals surface area contributed by atoms with Crippen LogP contribution in [0.1, 0.15) is 19.8 Å². The van der Waals surface area contributed by atoms with Crippen LogP contribution in [0.3, 0.4) is 0 Å². The molecule has 0 aliphatic heterocycles. The van der Waals surface area contributed by atoms with Crippen molar-refractivity contribution in [3.05, 3.63) is 0 Å². The Morgan fingerprint density at radius 2 is 1.83 bits per heavy atom. The lowest BCUT2D eigenvalue weighted by atomic mass is 10.2. The zero-order valence-electron chi connectivity index (χ0n) is 6.71. The van der Waals surface area contributed by atoms with Gasteiger partial charge in [0.2, 0.25) is 5.12 Å². The van der Waals surface area contributed by atoms with E-state index in [0.29, 0.717) is 6.42 Å². The minimum absolute atomic E-state index is 0.438. The summed E-state index contributed by atoms with van der Waals surface area (Å²) in [4.78, 5) is 10.1. The molecule has 0 aliphatic rings. The summed E-state index contributed by atoms with van der Waals surface area (Å²) < 4.78 is 0. The predicted molar refractivity (Wildman–Crippen MR) is 47.3 cm³/mol. The van der Waals surface area contributed by atoms with Gasteiger partial charge in [-0.3, -0.25) is 4.79 Å². The van der Waals surface area contributed by atoms with Gasteiger partial charge < -0.3 is 20.2 Å². The van der Waals surface area contributed by atoms with Crippen LogP contribution in [-0.4, -0.2) is 38.7 Å². The molecule has 0 aromatic carbocycles. The summed E-state index contributed by atoms with van der Waals surface area (Å²) in [5.74, 6) is 0. The Kier molecular flexibility index (Phi) is 10.9. The van der Waals surface area contributed by atoms with Crippen molar-refractivity contribution in [1.82, 2.24) is 0 Å². The minimum atomic E-state index is -2.17. The summed E-state index contributed by atoms with van der Waals surface area (Å²) in [5.41, 5.74) is 0. The fraction of sp³-hybridized carbons (Fsp3) is 0.800. The van der Waals surface area contributed by atoms with Crippen LogP contribution in [-0.2, 0) is 4.79 Å². The Labute approximate surface area is 76.6 Å². The van der Waals surface area contributed by atoms with Gasteiger partial charge in [0.25, 0.3) is 0 Å². The van der Waals surface area contributed by atoms with Gasteiger partial charge in [-0.05, 0) is 6.42 Å². The Hall–Kier alpha value is -0.0751. The Morgan fingerprint density at radius 1 is 1.50 bits per heavy atom. The monoisotopic (exact) mass is 196 g/mol. The van der Waals surface area contributed by atoms with Gasteiger partial charge in [-0.1, -0.05) is 13.3 Å². The third-order valence-electron chi connectivity index (χ3n) is 0.847. The third kappa shape index (κ3) is 16.5. The number of aliphatic hydroxyl groups excluding tert-OH is 1. The number of hydrogen-bond donors (Lipinski definition) is 5. The van der Waals surface area contributed by atoms with E-state index in [2.05, 4.69) is 12.6 Å². The first kappa shape index (κ1) is 14.4. The summed E-state index contributed by atoms with van der Waals surface area (Å²) in [5, 5.41) is 29.8. The maximum atomic E-state index is 10.1. The highest BCUT2D eigenvalue weighted by Gasteiger charge is 2.07. The van der Waals surface area contributed by atoms with Gasteiger partial charge >= 0.3 is 7.32 Å². The van der Waals surface area contributed by atoms with Crippen molar-refractivity contribution < 1.29 is 25.0 Å². The van der Waals surface area contributed by atoms with Crippen LogP contribution in [0.2, 0.25) is 0 Å². The normalized spacial score (nSPS) is 11.2. The molecule has 5 nitrogen and oxygen atoms in total. The standard InChI is InChI=1S/C5H10O2S.BH3O3/c1-2-3-4(6)5(7)8;2-1(3)4/h4,6H,2-3H2,1H3,(H,7,8);2-4H. The predicted octanol–water partition coefficient (Wildman–Crippen LogP) is -1.45. The minimum Gasteiger partial charge on any atom is -0.402 e. The van der Waals surface area contributed by atoms with Crippen LogP contribution >= 0.6 is 12.6 Å². The topological polar surface area (TPSA) is 98.0 Å². The quantitative estimate of drug-likeness (QED) is 0.281. The second-order valence-electron chi connectivity index (χ2n) is 1.99. The lowest BCUT2D eigenvalue weighted by Gasteiger charge is -2.00. The number of hydrogen-bond acceptors (Lipinski definition) is 5. The Balaban J connectivity index is 0. The molecule has 0 amide bonds. The van der Waals surface area contributed by atoms with Gasteiger partial charge in [-0.25, -0.2) is 0 Å². The molecule has 12 heavy (non-hydrogen) atoms. The number of carbonyl (C=O) groups is 1. The van der Waals surface area contributed by atoms with E-state index in [9.17, 15) is 4.79 Å². The summed E-state index contributed by atoms with van der Waals surface area (Å²) in [6.45, 7) is 1.90. The van der Waals surface area contributed by atoms with Crippen molar-refractivity contribution in [2.45, 2.75) is 25.9 Å². The highest BCUT2D eigenvalue weighted by Crippen LogP contribution is 1.98. The van der Waals surface area contributed by atoms with Crippen molar-refractivity contribution in [2.75, 3.05) is 0 Å². The molecule has 4 N–H and O–H groups in total. The SMILES string of the molecule is CCCC(O)C(=O)S.OB(O)O. The van der Waals surface area contributed by atoms with Gasteiger partial charge in [0, 0.05) is 0 Å². The number of thiol groups is 1. The molecule has 72 valence electrons. The van der Waals surface area contributed by atoms with Crippen LogP contribution in [0.5, 0.6) is 0 Å². The molecular formula is C5H13BO5S. The van der Waals surface area contributed by atoms with Crippen molar-refractivity contribution in [3.63, 3.8) is 0 Å². The zero-order chi connectivity index (χ0) is 10.1. The van der Waals surface area contributed by atoms with E-state index in [1.54, 1.807) is 0 Å². The molecule has 0 bridgehead atoms. The molecule has 0 spiro atoms. The summed E-state index contributed by atoms with van der Waals surface area (Å²) in [6, 6.07) is 0. The van der Waals surface area contributed by atoms with E-state index < -0.39 is 18.5 Å². The first-order valence-electron chi connectivity index (χ1n) is 3.36. The molecule has 0 saturated heterocycles. The van der Waals surface area contributed by atoms with Crippen LogP contribution in [0.25, 0.3) is 0 Å². The van der Waals surface area contributed by atoms with Gasteiger partial charge in [0.15, 0.2) is 0 Å². The molecule has 0 heterocycles. The van der Waals surface area contributed by atoms with Gasteiger partial charge in [0.1, 0.15) is 6.10 Å². The van der Waals surface area contributed by atoms with Gasteiger partial charge in [-0.15, -0.1) is 12.6 Å². The fourth-order valence-electron chi connectivity index (χ4n) is 0.397. The molecule has 0 aromatic rings. The number of aliphatic hydroxyl groups is 1. The summed E-state index contributed by atoms with van der Waals surface area (Å²) in [6.07, 6.45) is 0.471. The molecule has 1 atom stereocenters. The van der Waals surface area contributed by atoms with E-state index in [1.807, 2.05) is 6.92 Å². The molecule has 7 heteroatoms.